The van der Waals surface area contributed by atoms with Gasteiger partial charge in [0.2, 0.25) is 0 Å². The molecule has 0 aliphatic rings. The number of rotatable bonds is 4. The van der Waals surface area contributed by atoms with E-state index >= 15 is 0 Å². The highest BCUT2D eigenvalue weighted by Gasteiger charge is 2.06. The number of hydrogen-bond donors (Lipinski definition) is 0. The van der Waals surface area contributed by atoms with Gasteiger partial charge >= 0.3 is 0 Å². The number of azide groups is 1. The lowest BCUT2D eigenvalue weighted by Crippen LogP contribution is -1.93. The van der Waals surface area contributed by atoms with Crippen LogP contribution in [0.5, 0.6) is 5.75 Å². The standard InChI is InChI=1S/C10H13N3O/c1-3-10(12-13-11)8-5-4-6-9(7-8)14-2/h4-7,10H,3H2,1-2H3/t10-/m0/s1. The molecular formula is C10H13N3O. The normalized spacial score (nSPS) is 11.6. The van der Waals surface area contributed by atoms with Crippen molar-refractivity contribution in [1.82, 2.24) is 0 Å². The average molecular weight is 191 g/mol. The zero-order valence-electron chi connectivity index (χ0n) is 8.34. The van der Waals surface area contributed by atoms with E-state index in [2.05, 4.69) is 10.0 Å². The molecule has 0 saturated carbocycles. The Morgan fingerprint density at radius 2 is 2.36 bits per heavy atom. The van der Waals surface area contributed by atoms with E-state index in [4.69, 9.17) is 10.3 Å². The van der Waals surface area contributed by atoms with Crippen LogP contribution in [0.3, 0.4) is 0 Å². The second-order valence-corrected chi connectivity index (χ2v) is 2.91. The van der Waals surface area contributed by atoms with Crippen molar-refractivity contribution in [2.75, 3.05) is 7.11 Å². The Morgan fingerprint density at radius 1 is 1.57 bits per heavy atom. The van der Waals surface area contributed by atoms with Gasteiger partial charge in [-0.25, -0.2) is 0 Å². The molecule has 1 aromatic carbocycles. The Kier molecular flexibility index (Phi) is 3.83. The van der Waals surface area contributed by atoms with Crippen LogP contribution < -0.4 is 4.74 Å². The van der Waals surface area contributed by atoms with Gasteiger partial charge in [0.25, 0.3) is 0 Å². The number of ether oxygens (including phenoxy) is 1. The summed E-state index contributed by atoms with van der Waals surface area (Å²) in [6.45, 7) is 1.98. The third-order valence-corrected chi connectivity index (χ3v) is 2.06. The second-order valence-electron chi connectivity index (χ2n) is 2.91. The minimum absolute atomic E-state index is 0.102. The van der Waals surface area contributed by atoms with Crippen LogP contribution in [0.1, 0.15) is 24.9 Å². The highest BCUT2D eigenvalue weighted by atomic mass is 16.5. The first-order chi connectivity index (χ1) is 6.81. The van der Waals surface area contributed by atoms with Crippen molar-refractivity contribution >= 4 is 0 Å². The van der Waals surface area contributed by atoms with E-state index in [9.17, 15) is 0 Å². The number of nitrogens with zero attached hydrogens (tertiary/aromatic N) is 3. The van der Waals surface area contributed by atoms with E-state index in [0.29, 0.717) is 0 Å². The number of benzene rings is 1. The highest BCUT2D eigenvalue weighted by molar-refractivity contribution is 5.30. The first kappa shape index (κ1) is 10.4. The summed E-state index contributed by atoms with van der Waals surface area (Å²) in [4.78, 5) is 2.82. The quantitative estimate of drug-likeness (QED) is 0.408. The van der Waals surface area contributed by atoms with Crippen molar-refractivity contribution in [1.29, 1.82) is 0 Å². The molecule has 0 aromatic heterocycles. The molecule has 0 unspecified atom stereocenters. The van der Waals surface area contributed by atoms with Gasteiger partial charge in [-0.3, -0.25) is 0 Å². The molecule has 0 amide bonds. The van der Waals surface area contributed by atoms with Crippen molar-refractivity contribution in [3.63, 3.8) is 0 Å². The molecule has 0 heterocycles. The summed E-state index contributed by atoms with van der Waals surface area (Å²) < 4.78 is 5.09. The minimum atomic E-state index is -0.102. The van der Waals surface area contributed by atoms with Gasteiger partial charge in [0.15, 0.2) is 0 Å². The molecule has 0 bridgehead atoms. The molecule has 1 aromatic rings. The van der Waals surface area contributed by atoms with E-state index in [-0.39, 0.29) is 6.04 Å². The second kappa shape index (κ2) is 5.14. The third-order valence-electron chi connectivity index (χ3n) is 2.06. The van der Waals surface area contributed by atoms with Crippen LogP contribution >= 0.6 is 0 Å². The van der Waals surface area contributed by atoms with Crippen LogP contribution in [0.2, 0.25) is 0 Å². The van der Waals surface area contributed by atoms with Gasteiger partial charge in [-0.2, -0.15) is 0 Å². The van der Waals surface area contributed by atoms with E-state index < -0.39 is 0 Å². The van der Waals surface area contributed by atoms with Gasteiger partial charge in [-0.1, -0.05) is 24.2 Å². The fraction of sp³-hybridized carbons (Fsp3) is 0.400. The lowest BCUT2D eigenvalue weighted by Gasteiger charge is -2.09. The van der Waals surface area contributed by atoms with Crippen LogP contribution in [0, 0.1) is 0 Å². The summed E-state index contributed by atoms with van der Waals surface area (Å²) in [6, 6.07) is 7.49. The third kappa shape index (κ3) is 2.41. The minimum Gasteiger partial charge on any atom is -0.497 e. The van der Waals surface area contributed by atoms with Crippen LogP contribution in [0.4, 0.5) is 0 Å². The molecule has 0 fully saturated rings. The summed E-state index contributed by atoms with van der Waals surface area (Å²) in [5.41, 5.74) is 9.37. The van der Waals surface area contributed by atoms with Gasteiger partial charge in [0.05, 0.1) is 13.2 Å². The summed E-state index contributed by atoms with van der Waals surface area (Å²) in [5.74, 6) is 0.786. The number of methoxy groups -OCH3 is 1. The maximum Gasteiger partial charge on any atom is 0.119 e. The molecule has 0 radical (unpaired) electrons. The largest absolute Gasteiger partial charge is 0.497 e. The molecule has 0 N–H and O–H groups in total. The molecule has 4 nitrogen and oxygen atoms in total. The molecule has 0 saturated heterocycles. The molecule has 0 aliphatic carbocycles. The summed E-state index contributed by atoms with van der Waals surface area (Å²) in [5, 5.41) is 3.71. The summed E-state index contributed by atoms with van der Waals surface area (Å²) >= 11 is 0. The fourth-order valence-electron chi connectivity index (χ4n) is 1.30. The summed E-state index contributed by atoms with van der Waals surface area (Å²) in [7, 11) is 1.62. The maximum atomic E-state index is 8.38. The zero-order chi connectivity index (χ0) is 10.4. The molecule has 74 valence electrons. The van der Waals surface area contributed by atoms with Gasteiger partial charge < -0.3 is 4.74 Å². The Labute approximate surface area is 83.1 Å². The van der Waals surface area contributed by atoms with Crippen LogP contribution in [0.25, 0.3) is 10.4 Å². The molecule has 0 aliphatic heterocycles. The van der Waals surface area contributed by atoms with E-state index in [1.165, 1.54) is 0 Å². The van der Waals surface area contributed by atoms with Crippen LogP contribution in [0.15, 0.2) is 29.4 Å². The molecular weight excluding hydrogens is 178 g/mol. The van der Waals surface area contributed by atoms with E-state index in [1.807, 2.05) is 31.2 Å². The molecule has 0 spiro atoms. The molecule has 1 rings (SSSR count). The molecule has 14 heavy (non-hydrogen) atoms. The monoisotopic (exact) mass is 191 g/mol. The Bertz CT molecular complexity index is 345. The van der Waals surface area contributed by atoms with E-state index in [1.54, 1.807) is 7.11 Å². The van der Waals surface area contributed by atoms with Gasteiger partial charge in [-0.05, 0) is 29.6 Å². The van der Waals surface area contributed by atoms with Crippen molar-refractivity contribution < 1.29 is 4.74 Å². The molecule has 1 atom stereocenters. The Hall–Kier alpha value is -1.67. The van der Waals surface area contributed by atoms with Gasteiger partial charge in [0.1, 0.15) is 5.75 Å². The highest BCUT2D eigenvalue weighted by Crippen LogP contribution is 2.24. The SMILES string of the molecule is CC[C@H](N=[N+]=[N-])c1cccc(OC)c1. The van der Waals surface area contributed by atoms with Gasteiger partial charge in [-0.15, -0.1) is 0 Å². The van der Waals surface area contributed by atoms with Crippen LogP contribution in [-0.2, 0) is 0 Å². The predicted molar refractivity (Wildman–Crippen MR) is 55.2 cm³/mol. The summed E-state index contributed by atoms with van der Waals surface area (Å²) in [6.07, 6.45) is 0.789. The molecule has 4 heteroatoms. The maximum absolute atomic E-state index is 8.38. The number of hydrogen-bond acceptors (Lipinski definition) is 2. The zero-order valence-corrected chi connectivity index (χ0v) is 8.34. The fourth-order valence-corrected chi connectivity index (χ4v) is 1.30. The lowest BCUT2D eigenvalue weighted by atomic mass is 10.1. The lowest BCUT2D eigenvalue weighted by molar-refractivity contribution is 0.413. The smallest absolute Gasteiger partial charge is 0.119 e. The van der Waals surface area contributed by atoms with Crippen molar-refractivity contribution in [2.45, 2.75) is 19.4 Å². The average Bonchev–Trinajstić information content (AvgIpc) is 2.26. The van der Waals surface area contributed by atoms with Crippen molar-refractivity contribution in [3.05, 3.63) is 40.3 Å². The van der Waals surface area contributed by atoms with Gasteiger partial charge in [0, 0.05) is 4.91 Å². The van der Waals surface area contributed by atoms with Crippen molar-refractivity contribution in [2.24, 2.45) is 5.11 Å². The Morgan fingerprint density at radius 3 is 2.93 bits per heavy atom. The predicted octanol–water partition coefficient (Wildman–Crippen LogP) is 3.46. The topological polar surface area (TPSA) is 58.0 Å². The first-order valence-electron chi connectivity index (χ1n) is 4.50. The van der Waals surface area contributed by atoms with Crippen molar-refractivity contribution in [3.8, 4) is 5.75 Å². The Balaban J connectivity index is 2.97. The van der Waals surface area contributed by atoms with Crippen LogP contribution in [-0.4, -0.2) is 7.11 Å². The van der Waals surface area contributed by atoms with E-state index in [0.717, 1.165) is 17.7 Å². The first-order valence-corrected chi connectivity index (χ1v) is 4.50.